The van der Waals surface area contributed by atoms with Crippen molar-refractivity contribution in [2.75, 3.05) is 50.5 Å². The molecule has 0 spiro atoms. The second-order valence-electron chi connectivity index (χ2n) is 8.80. The fraction of sp³-hybridized carbons (Fsp3) is 0.357. The molecule has 0 saturated heterocycles. The second-order valence-corrected chi connectivity index (χ2v) is 8.80. The maximum absolute atomic E-state index is 13.3. The summed E-state index contributed by atoms with van der Waals surface area (Å²) in [7, 11) is 3.94. The quantitative estimate of drug-likeness (QED) is 0.457. The number of fused-ring (bicyclic) bond motifs is 1. The highest BCUT2D eigenvalue weighted by molar-refractivity contribution is 5.99. The summed E-state index contributed by atoms with van der Waals surface area (Å²) in [5.41, 5.74) is 2.87. The van der Waals surface area contributed by atoms with E-state index in [9.17, 15) is 4.79 Å². The molecule has 3 aromatic rings. The molecule has 0 radical (unpaired) electrons. The van der Waals surface area contributed by atoms with Crippen LogP contribution in [0.5, 0.6) is 5.75 Å². The van der Waals surface area contributed by atoms with Gasteiger partial charge in [0.2, 0.25) is 0 Å². The summed E-state index contributed by atoms with van der Waals surface area (Å²) in [5, 5.41) is 6.43. The van der Waals surface area contributed by atoms with Crippen LogP contribution in [0.15, 0.2) is 66.7 Å². The van der Waals surface area contributed by atoms with Gasteiger partial charge in [-0.05, 0) is 55.9 Å². The van der Waals surface area contributed by atoms with Crippen LogP contribution in [-0.2, 0) is 6.54 Å². The van der Waals surface area contributed by atoms with Crippen molar-refractivity contribution in [2.45, 2.75) is 26.0 Å². The fourth-order valence-corrected chi connectivity index (χ4v) is 4.28. The van der Waals surface area contributed by atoms with Crippen molar-refractivity contribution in [1.82, 2.24) is 15.2 Å². The molecular weight excluding hydrogens is 438 g/mol. The molecule has 1 aromatic heterocycles. The number of likely N-dealkylation sites (N-methyl/N-ethyl adjacent to an activating group) is 1. The van der Waals surface area contributed by atoms with Gasteiger partial charge in [-0.2, -0.15) is 0 Å². The molecule has 1 unspecified atom stereocenters. The van der Waals surface area contributed by atoms with Gasteiger partial charge in [0.25, 0.3) is 5.91 Å². The van der Waals surface area contributed by atoms with Crippen LogP contribution in [0, 0.1) is 0 Å². The Bertz CT molecular complexity index is 1100. The van der Waals surface area contributed by atoms with E-state index in [1.54, 1.807) is 0 Å². The van der Waals surface area contributed by atoms with E-state index in [-0.39, 0.29) is 12.0 Å². The molecule has 0 bridgehead atoms. The number of aromatic nitrogens is 1. The summed E-state index contributed by atoms with van der Waals surface area (Å²) >= 11 is 0. The molecule has 1 atom stereocenters. The van der Waals surface area contributed by atoms with Gasteiger partial charge in [0.15, 0.2) is 0 Å². The SMILES string of the molecule is CCNc1ccc2c(n1)N(C)CCN(Cc1ccc(OC(CCNC)c3ccccc3)cc1)C2=O. The first-order valence-electron chi connectivity index (χ1n) is 12.3. The van der Waals surface area contributed by atoms with Crippen LogP contribution in [0.25, 0.3) is 0 Å². The summed E-state index contributed by atoms with van der Waals surface area (Å²) in [4.78, 5) is 22.0. The molecule has 2 N–H and O–H groups in total. The smallest absolute Gasteiger partial charge is 0.257 e. The van der Waals surface area contributed by atoms with Gasteiger partial charge >= 0.3 is 0 Å². The van der Waals surface area contributed by atoms with Crippen molar-refractivity contribution in [3.05, 3.63) is 83.4 Å². The maximum Gasteiger partial charge on any atom is 0.257 e. The van der Waals surface area contributed by atoms with Crippen LogP contribution in [0.3, 0.4) is 0 Å². The summed E-state index contributed by atoms with van der Waals surface area (Å²) < 4.78 is 6.34. The Morgan fingerprint density at radius 1 is 1.03 bits per heavy atom. The highest BCUT2D eigenvalue weighted by Crippen LogP contribution is 2.27. The maximum atomic E-state index is 13.3. The molecule has 0 fully saturated rings. The normalized spacial score (nSPS) is 14.3. The molecule has 7 nitrogen and oxygen atoms in total. The number of anilines is 2. The Morgan fingerprint density at radius 3 is 2.51 bits per heavy atom. The molecule has 1 aliphatic heterocycles. The van der Waals surface area contributed by atoms with Gasteiger partial charge in [-0.15, -0.1) is 0 Å². The number of nitrogens with zero attached hydrogens (tertiary/aromatic N) is 3. The lowest BCUT2D eigenvalue weighted by molar-refractivity contribution is 0.0754. The molecule has 2 aromatic carbocycles. The molecule has 1 amide bonds. The Balaban J connectivity index is 1.45. The van der Waals surface area contributed by atoms with Crippen molar-refractivity contribution in [2.24, 2.45) is 0 Å². The van der Waals surface area contributed by atoms with Crippen molar-refractivity contribution in [3.63, 3.8) is 0 Å². The number of rotatable bonds is 10. The van der Waals surface area contributed by atoms with Crippen LogP contribution in [0.4, 0.5) is 11.6 Å². The van der Waals surface area contributed by atoms with Gasteiger partial charge in [-0.25, -0.2) is 4.98 Å². The number of hydrogen-bond donors (Lipinski definition) is 2. The second kappa shape index (κ2) is 11.7. The molecule has 7 heteroatoms. The summed E-state index contributed by atoms with van der Waals surface area (Å²) in [6.07, 6.45) is 0.856. The zero-order chi connectivity index (χ0) is 24.6. The number of pyridine rings is 1. The van der Waals surface area contributed by atoms with Crippen LogP contribution >= 0.6 is 0 Å². The Hall–Kier alpha value is -3.58. The van der Waals surface area contributed by atoms with E-state index in [0.717, 1.165) is 54.6 Å². The minimum atomic E-state index is -0.0201. The third-order valence-corrected chi connectivity index (χ3v) is 6.22. The van der Waals surface area contributed by atoms with E-state index in [1.807, 2.05) is 80.5 Å². The number of benzene rings is 2. The minimum absolute atomic E-state index is 0.0106. The van der Waals surface area contributed by atoms with Crippen molar-refractivity contribution >= 4 is 17.5 Å². The first-order chi connectivity index (χ1) is 17.1. The molecule has 35 heavy (non-hydrogen) atoms. The number of amides is 1. The Morgan fingerprint density at radius 2 is 1.80 bits per heavy atom. The van der Waals surface area contributed by atoms with Gasteiger partial charge in [0.1, 0.15) is 23.5 Å². The van der Waals surface area contributed by atoms with Crippen molar-refractivity contribution < 1.29 is 9.53 Å². The zero-order valence-corrected chi connectivity index (χ0v) is 20.8. The summed E-state index contributed by atoms with van der Waals surface area (Å²) in [6, 6.07) is 22.1. The molecule has 0 saturated carbocycles. The minimum Gasteiger partial charge on any atom is -0.486 e. The molecule has 2 heterocycles. The number of nitrogens with one attached hydrogen (secondary N) is 2. The number of ether oxygens (including phenoxy) is 1. The summed E-state index contributed by atoms with van der Waals surface area (Å²) in [5.74, 6) is 2.36. The van der Waals surface area contributed by atoms with Gasteiger partial charge in [0, 0.05) is 39.6 Å². The predicted molar refractivity (Wildman–Crippen MR) is 141 cm³/mol. The van der Waals surface area contributed by atoms with E-state index in [0.29, 0.717) is 18.7 Å². The molecule has 0 aliphatic carbocycles. The Kier molecular flexibility index (Phi) is 8.21. The lowest BCUT2D eigenvalue weighted by Crippen LogP contribution is -2.33. The average molecular weight is 474 g/mol. The summed E-state index contributed by atoms with van der Waals surface area (Å²) in [6.45, 7) is 5.60. The standard InChI is InChI=1S/C28H35N5O2/c1-4-30-26-15-14-24-27(31-26)32(3)18-19-33(28(24)34)20-21-10-12-23(13-11-21)35-25(16-17-29-2)22-8-6-5-7-9-22/h5-15,25,29H,4,16-20H2,1-3H3,(H,30,31). The average Bonchev–Trinajstić information content (AvgIpc) is 3.00. The third-order valence-electron chi connectivity index (χ3n) is 6.22. The number of carbonyl (C=O) groups excluding carboxylic acids is 1. The van der Waals surface area contributed by atoms with Crippen LogP contribution in [0.1, 0.15) is 40.9 Å². The van der Waals surface area contributed by atoms with Gasteiger partial charge in [-0.1, -0.05) is 42.5 Å². The Labute approximate surface area is 208 Å². The van der Waals surface area contributed by atoms with Crippen LogP contribution in [-0.4, -0.2) is 56.1 Å². The third kappa shape index (κ3) is 6.11. The van der Waals surface area contributed by atoms with E-state index >= 15 is 0 Å². The highest BCUT2D eigenvalue weighted by atomic mass is 16.5. The zero-order valence-electron chi connectivity index (χ0n) is 20.8. The van der Waals surface area contributed by atoms with Crippen molar-refractivity contribution in [1.29, 1.82) is 0 Å². The largest absolute Gasteiger partial charge is 0.486 e. The fourth-order valence-electron chi connectivity index (χ4n) is 4.28. The lowest BCUT2D eigenvalue weighted by Gasteiger charge is -2.22. The van der Waals surface area contributed by atoms with Crippen molar-refractivity contribution in [3.8, 4) is 5.75 Å². The van der Waals surface area contributed by atoms with Gasteiger partial charge in [0.05, 0.1) is 5.56 Å². The number of hydrogen-bond acceptors (Lipinski definition) is 6. The van der Waals surface area contributed by atoms with Crippen LogP contribution < -0.4 is 20.3 Å². The van der Waals surface area contributed by atoms with Crippen LogP contribution in [0.2, 0.25) is 0 Å². The number of carbonyl (C=O) groups is 1. The molecular formula is C28H35N5O2. The molecule has 4 rings (SSSR count). The van der Waals surface area contributed by atoms with Gasteiger partial charge < -0.3 is 25.2 Å². The highest BCUT2D eigenvalue weighted by Gasteiger charge is 2.26. The predicted octanol–water partition coefficient (Wildman–Crippen LogP) is 4.34. The van der Waals surface area contributed by atoms with Gasteiger partial charge in [-0.3, -0.25) is 4.79 Å². The first kappa shape index (κ1) is 24.5. The monoisotopic (exact) mass is 473 g/mol. The van der Waals surface area contributed by atoms with E-state index in [4.69, 9.17) is 4.74 Å². The first-order valence-corrected chi connectivity index (χ1v) is 12.3. The van der Waals surface area contributed by atoms with E-state index < -0.39 is 0 Å². The molecule has 1 aliphatic rings. The topological polar surface area (TPSA) is 69.7 Å². The molecule has 184 valence electrons. The lowest BCUT2D eigenvalue weighted by atomic mass is 10.1. The van der Waals surface area contributed by atoms with E-state index in [1.165, 1.54) is 0 Å². The van der Waals surface area contributed by atoms with E-state index in [2.05, 4.69) is 32.7 Å².